The molecule has 0 aliphatic rings. The maximum Gasteiger partial charge on any atom is 0.0543 e. The SMILES string of the molecule is COC(C)CCCNC(C)c1ccccc1. The van der Waals surface area contributed by atoms with Gasteiger partial charge in [-0.2, -0.15) is 0 Å². The Morgan fingerprint density at radius 3 is 2.50 bits per heavy atom. The fourth-order valence-electron chi connectivity index (χ4n) is 1.69. The molecule has 0 saturated heterocycles. The molecule has 0 bridgehead atoms. The van der Waals surface area contributed by atoms with Crippen LogP contribution in [0.1, 0.15) is 38.3 Å². The van der Waals surface area contributed by atoms with Gasteiger partial charge >= 0.3 is 0 Å². The molecular formula is C14H23NO. The predicted molar refractivity (Wildman–Crippen MR) is 68.6 cm³/mol. The van der Waals surface area contributed by atoms with E-state index in [-0.39, 0.29) is 0 Å². The molecule has 0 spiro atoms. The summed E-state index contributed by atoms with van der Waals surface area (Å²) < 4.78 is 5.21. The number of hydrogen-bond donors (Lipinski definition) is 1. The quantitative estimate of drug-likeness (QED) is 0.714. The van der Waals surface area contributed by atoms with E-state index in [1.54, 1.807) is 7.11 Å². The van der Waals surface area contributed by atoms with Gasteiger partial charge in [0.2, 0.25) is 0 Å². The Hall–Kier alpha value is -0.860. The van der Waals surface area contributed by atoms with Crippen molar-refractivity contribution in [3.63, 3.8) is 0 Å². The second-order valence-electron chi connectivity index (χ2n) is 4.28. The number of methoxy groups -OCH3 is 1. The van der Waals surface area contributed by atoms with Crippen LogP contribution >= 0.6 is 0 Å². The van der Waals surface area contributed by atoms with Crippen molar-refractivity contribution in [2.75, 3.05) is 13.7 Å². The highest BCUT2D eigenvalue weighted by Gasteiger charge is 2.03. The highest BCUT2D eigenvalue weighted by Crippen LogP contribution is 2.11. The third-order valence-electron chi connectivity index (χ3n) is 2.94. The second kappa shape index (κ2) is 7.42. The van der Waals surface area contributed by atoms with Gasteiger partial charge in [-0.05, 0) is 38.8 Å². The molecule has 1 N–H and O–H groups in total. The zero-order valence-electron chi connectivity index (χ0n) is 10.6. The summed E-state index contributed by atoms with van der Waals surface area (Å²) in [5.41, 5.74) is 1.35. The highest BCUT2D eigenvalue weighted by molar-refractivity contribution is 5.17. The lowest BCUT2D eigenvalue weighted by atomic mass is 10.1. The molecule has 2 atom stereocenters. The molecule has 1 rings (SSSR count). The van der Waals surface area contributed by atoms with Gasteiger partial charge in [-0.25, -0.2) is 0 Å². The van der Waals surface area contributed by atoms with Gasteiger partial charge in [0.15, 0.2) is 0 Å². The Morgan fingerprint density at radius 2 is 1.88 bits per heavy atom. The van der Waals surface area contributed by atoms with Gasteiger partial charge in [-0.1, -0.05) is 30.3 Å². The van der Waals surface area contributed by atoms with Crippen LogP contribution in [-0.2, 0) is 4.74 Å². The van der Waals surface area contributed by atoms with Gasteiger partial charge in [0.1, 0.15) is 0 Å². The smallest absolute Gasteiger partial charge is 0.0543 e. The third-order valence-corrected chi connectivity index (χ3v) is 2.94. The van der Waals surface area contributed by atoms with Crippen LogP contribution in [0.25, 0.3) is 0 Å². The Labute approximate surface area is 99.0 Å². The first-order valence-corrected chi connectivity index (χ1v) is 6.05. The molecule has 0 radical (unpaired) electrons. The fraction of sp³-hybridized carbons (Fsp3) is 0.571. The molecule has 0 fully saturated rings. The summed E-state index contributed by atoms with van der Waals surface area (Å²) >= 11 is 0. The first-order chi connectivity index (χ1) is 7.74. The largest absolute Gasteiger partial charge is 0.382 e. The van der Waals surface area contributed by atoms with E-state index in [2.05, 4.69) is 49.5 Å². The molecule has 0 aliphatic heterocycles. The lowest BCUT2D eigenvalue weighted by Crippen LogP contribution is -2.20. The molecule has 0 aliphatic carbocycles. The van der Waals surface area contributed by atoms with Gasteiger partial charge in [-0.3, -0.25) is 0 Å². The van der Waals surface area contributed by atoms with Crippen LogP contribution in [0.4, 0.5) is 0 Å². The summed E-state index contributed by atoms with van der Waals surface area (Å²) in [6, 6.07) is 11.0. The van der Waals surface area contributed by atoms with Crippen molar-refractivity contribution in [3.8, 4) is 0 Å². The van der Waals surface area contributed by atoms with Crippen molar-refractivity contribution >= 4 is 0 Å². The molecule has 2 nitrogen and oxygen atoms in total. The van der Waals surface area contributed by atoms with E-state index in [0.29, 0.717) is 12.1 Å². The number of hydrogen-bond acceptors (Lipinski definition) is 2. The Kier molecular flexibility index (Phi) is 6.12. The molecule has 2 heteroatoms. The van der Waals surface area contributed by atoms with Crippen LogP contribution in [0.15, 0.2) is 30.3 Å². The van der Waals surface area contributed by atoms with E-state index in [1.807, 2.05) is 0 Å². The first-order valence-electron chi connectivity index (χ1n) is 6.05. The number of ether oxygens (including phenoxy) is 1. The number of benzene rings is 1. The van der Waals surface area contributed by atoms with Crippen LogP contribution in [0, 0.1) is 0 Å². The summed E-state index contributed by atoms with van der Waals surface area (Å²) in [5.74, 6) is 0. The average Bonchev–Trinajstić information content (AvgIpc) is 2.35. The first kappa shape index (κ1) is 13.2. The second-order valence-corrected chi connectivity index (χ2v) is 4.28. The van der Waals surface area contributed by atoms with Crippen molar-refractivity contribution in [1.29, 1.82) is 0 Å². The van der Waals surface area contributed by atoms with E-state index in [4.69, 9.17) is 4.74 Å². The third kappa shape index (κ3) is 4.77. The van der Waals surface area contributed by atoms with Crippen LogP contribution in [0.2, 0.25) is 0 Å². The molecule has 0 aromatic heterocycles. The van der Waals surface area contributed by atoms with Crippen molar-refractivity contribution in [3.05, 3.63) is 35.9 Å². The van der Waals surface area contributed by atoms with Crippen LogP contribution < -0.4 is 5.32 Å². The molecule has 16 heavy (non-hydrogen) atoms. The van der Waals surface area contributed by atoms with Gasteiger partial charge in [0.25, 0.3) is 0 Å². The molecule has 2 unspecified atom stereocenters. The lowest BCUT2D eigenvalue weighted by molar-refractivity contribution is 0.109. The van der Waals surface area contributed by atoms with Crippen molar-refractivity contribution in [1.82, 2.24) is 5.32 Å². The van der Waals surface area contributed by atoms with Crippen LogP contribution in [-0.4, -0.2) is 19.8 Å². The summed E-state index contributed by atoms with van der Waals surface area (Å²) in [6.45, 7) is 5.36. The predicted octanol–water partition coefficient (Wildman–Crippen LogP) is 3.15. The summed E-state index contributed by atoms with van der Waals surface area (Å²) in [5, 5.41) is 3.52. The van der Waals surface area contributed by atoms with Crippen LogP contribution in [0.3, 0.4) is 0 Å². The molecule has 90 valence electrons. The highest BCUT2D eigenvalue weighted by atomic mass is 16.5. The Bertz CT molecular complexity index is 273. The monoisotopic (exact) mass is 221 g/mol. The summed E-state index contributed by atoms with van der Waals surface area (Å²) in [6.07, 6.45) is 2.64. The molecule has 1 aromatic carbocycles. The topological polar surface area (TPSA) is 21.3 Å². The van der Waals surface area contributed by atoms with E-state index in [9.17, 15) is 0 Å². The summed E-state index contributed by atoms with van der Waals surface area (Å²) in [4.78, 5) is 0. The van der Waals surface area contributed by atoms with Gasteiger partial charge in [-0.15, -0.1) is 0 Å². The summed E-state index contributed by atoms with van der Waals surface area (Å²) in [7, 11) is 1.77. The van der Waals surface area contributed by atoms with E-state index in [0.717, 1.165) is 19.4 Å². The molecule has 0 heterocycles. The average molecular weight is 221 g/mol. The minimum Gasteiger partial charge on any atom is -0.382 e. The maximum absolute atomic E-state index is 5.21. The molecule has 0 amide bonds. The van der Waals surface area contributed by atoms with Crippen molar-refractivity contribution < 1.29 is 4.74 Å². The Balaban J connectivity index is 2.18. The minimum atomic E-state index is 0.369. The maximum atomic E-state index is 5.21. The molecule has 1 aromatic rings. The molecule has 0 saturated carbocycles. The normalized spacial score (nSPS) is 14.7. The lowest BCUT2D eigenvalue weighted by Gasteiger charge is -2.15. The van der Waals surface area contributed by atoms with Gasteiger partial charge in [0, 0.05) is 13.2 Å². The van der Waals surface area contributed by atoms with Crippen molar-refractivity contribution in [2.24, 2.45) is 0 Å². The zero-order valence-corrected chi connectivity index (χ0v) is 10.6. The van der Waals surface area contributed by atoms with Gasteiger partial charge in [0.05, 0.1) is 6.10 Å². The minimum absolute atomic E-state index is 0.369. The zero-order chi connectivity index (χ0) is 11.8. The van der Waals surface area contributed by atoms with E-state index in [1.165, 1.54) is 5.56 Å². The van der Waals surface area contributed by atoms with Crippen LogP contribution in [0.5, 0.6) is 0 Å². The molecular weight excluding hydrogens is 198 g/mol. The van der Waals surface area contributed by atoms with E-state index >= 15 is 0 Å². The van der Waals surface area contributed by atoms with Crippen molar-refractivity contribution in [2.45, 2.75) is 38.8 Å². The fourth-order valence-corrected chi connectivity index (χ4v) is 1.69. The van der Waals surface area contributed by atoms with E-state index < -0.39 is 0 Å². The number of nitrogens with one attached hydrogen (secondary N) is 1. The Morgan fingerprint density at radius 1 is 1.19 bits per heavy atom. The standard InChI is InChI=1S/C14H23NO/c1-12(16-3)8-7-11-15-13(2)14-9-5-4-6-10-14/h4-6,9-10,12-13,15H,7-8,11H2,1-3H3. The number of rotatable bonds is 7. The van der Waals surface area contributed by atoms with Gasteiger partial charge < -0.3 is 10.1 Å².